The molecule has 0 bridgehead atoms. The molecule has 4 aromatic rings. The molecule has 0 aliphatic rings. The van der Waals surface area contributed by atoms with E-state index in [2.05, 4.69) is 13.5 Å². The first-order valence-corrected chi connectivity index (χ1v) is 10.1. The average Bonchev–Trinajstić information content (AvgIpc) is 3.19. The standard InChI is InChI=1S/C16H14N4O4S2/c1-2-8-20-12-7-6-10(9-13(12)24-16(20)21)19-26(22,23)14-5-3-4-11-15(14)18-25-17-11/h3-7,9,19H,2,8H2,1H3. The van der Waals surface area contributed by atoms with Crippen molar-refractivity contribution in [3.63, 3.8) is 0 Å². The average molecular weight is 390 g/mol. The van der Waals surface area contributed by atoms with Gasteiger partial charge < -0.3 is 4.42 Å². The number of oxazole rings is 1. The summed E-state index contributed by atoms with van der Waals surface area (Å²) in [7, 11) is -3.86. The Labute approximate surface area is 152 Å². The monoisotopic (exact) mass is 390 g/mol. The third-order valence-electron chi connectivity index (χ3n) is 3.91. The largest absolute Gasteiger partial charge is 0.419 e. The fourth-order valence-electron chi connectivity index (χ4n) is 2.77. The minimum atomic E-state index is -3.86. The maximum atomic E-state index is 12.8. The van der Waals surface area contributed by atoms with Crippen LogP contribution in [0.4, 0.5) is 5.69 Å². The van der Waals surface area contributed by atoms with E-state index < -0.39 is 15.8 Å². The van der Waals surface area contributed by atoms with Gasteiger partial charge >= 0.3 is 5.76 Å². The summed E-state index contributed by atoms with van der Waals surface area (Å²) in [5.74, 6) is -0.458. The van der Waals surface area contributed by atoms with Gasteiger partial charge in [0.2, 0.25) is 0 Å². The second-order valence-corrected chi connectivity index (χ2v) is 7.87. The van der Waals surface area contributed by atoms with Crippen LogP contribution in [0.5, 0.6) is 0 Å². The van der Waals surface area contributed by atoms with Crippen LogP contribution in [0.25, 0.3) is 22.1 Å². The Morgan fingerprint density at radius 3 is 2.88 bits per heavy atom. The predicted molar refractivity (Wildman–Crippen MR) is 99.0 cm³/mol. The topological polar surface area (TPSA) is 107 Å². The highest BCUT2D eigenvalue weighted by Crippen LogP contribution is 2.25. The van der Waals surface area contributed by atoms with E-state index in [1.807, 2.05) is 6.92 Å². The molecule has 10 heteroatoms. The Kier molecular flexibility index (Phi) is 4.00. The first-order chi connectivity index (χ1) is 12.5. The van der Waals surface area contributed by atoms with Crippen LogP contribution in [0.1, 0.15) is 13.3 Å². The molecule has 4 rings (SSSR count). The van der Waals surface area contributed by atoms with Gasteiger partial charge in [-0.05, 0) is 30.7 Å². The Hall–Kier alpha value is -2.72. The summed E-state index contributed by atoms with van der Waals surface area (Å²) >= 11 is 0.956. The van der Waals surface area contributed by atoms with Gasteiger partial charge in [0.25, 0.3) is 10.0 Å². The van der Waals surface area contributed by atoms with Crippen LogP contribution in [-0.4, -0.2) is 21.7 Å². The molecule has 2 aromatic heterocycles. The number of aromatic nitrogens is 3. The molecule has 1 N–H and O–H groups in total. The van der Waals surface area contributed by atoms with Crippen LogP contribution in [0.2, 0.25) is 0 Å². The van der Waals surface area contributed by atoms with Gasteiger partial charge in [0, 0.05) is 12.6 Å². The van der Waals surface area contributed by atoms with Crippen LogP contribution >= 0.6 is 11.7 Å². The van der Waals surface area contributed by atoms with Crippen molar-refractivity contribution in [2.75, 3.05) is 4.72 Å². The molecule has 26 heavy (non-hydrogen) atoms. The quantitative estimate of drug-likeness (QED) is 0.561. The predicted octanol–water partition coefficient (Wildman–Crippen LogP) is 2.81. The molecule has 0 radical (unpaired) electrons. The Morgan fingerprint density at radius 2 is 2.08 bits per heavy atom. The normalized spacial score (nSPS) is 12.0. The van der Waals surface area contributed by atoms with Gasteiger partial charge in [0.15, 0.2) is 5.58 Å². The molecular weight excluding hydrogens is 376 g/mol. The molecule has 134 valence electrons. The first-order valence-electron chi connectivity index (χ1n) is 7.87. The number of aryl methyl sites for hydroxylation is 1. The molecule has 0 amide bonds. The number of benzene rings is 2. The highest BCUT2D eigenvalue weighted by atomic mass is 32.2. The smallest absolute Gasteiger partial charge is 0.408 e. The number of nitrogens with zero attached hydrogens (tertiary/aromatic N) is 3. The Bertz CT molecular complexity index is 1270. The van der Waals surface area contributed by atoms with E-state index >= 15 is 0 Å². The summed E-state index contributed by atoms with van der Waals surface area (Å²) in [5, 5.41) is 0. The maximum Gasteiger partial charge on any atom is 0.419 e. The zero-order chi connectivity index (χ0) is 18.3. The first kappa shape index (κ1) is 16.7. The van der Waals surface area contributed by atoms with E-state index in [9.17, 15) is 13.2 Å². The lowest BCUT2D eigenvalue weighted by Crippen LogP contribution is -2.14. The second kappa shape index (κ2) is 6.22. The molecule has 0 spiro atoms. The zero-order valence-corrected chi connectivity index (χ0v) is 15.3. The number of hydrogen-bond acceptors (Lipinski definition) is 7. The number of hydrogen-bond donors (Lipinski definition) is 1. The van der Waals surface area contributed by atoms with Gasteiger partial charge in [-0.25, -0.2) is 13.2 Å². The molecule has 0 unspecified atom stereocenters. The van der Waals surface area contributed by atoms with Crippen LogP contribution in [0, 0.1) is 0 Å². The molecule has 0 saturated heterocycles. The van der Waals surface area contributed by atoms with Crippen molar-refractivity contribution >= 4 is 49.6 Å². The molecule has 2 aromatic carbocycles. The van der Waals surface area contributed by atoms with E-state index in [4.69, 9.17) is 4.42 Å². The number of sulfonamides is 1. The molecule has 0 atom stereocenters. The highest BCUT2D eigenvalue weighted by molar-refractivity contribution is 7.93. The van der Waals surface area contributed by atoms with Gasteiger partial charge in [0.05, 0.1) is 22.9 Å². The van der Waals surface area contributed by atoms with Crippen molar-refractivity contribution in [3.05, 3.63) is 46.9 Å². The minimum absolute atomic E-state index is 0.0499. The third-order valence-corrected chi connectivity index (χ3v) is 5.86. The molecule has 0 aliphatic carbocycles. The molecule has 8 nitrogen and oxygen atoms in total. The van der Waals surface area contributed by atoms with E-state index in [0.717, 1.165) is 18.1 Å². The van der Waals surface area contributed by atoms with Crippen LogP contribution in [0.15, 0.2) is 50.5 Å². The van der Waals surface area contributed by atoms with E-state index in [1.165, 1.54) is 16.7 Å². The highest BCUT2D eigenvalue weighted by Gasteiger charge is 2.20. The molecule has 0 saturated carbocycles. The number of nitrogens with one attached hydrogen (secondary N) is 1. The summed E-state index contributed by atoms with van der Waals surface area (Å²) in [6.45, 7) is 2.50. The van der Waals surface area contributed by atoms with Crippen molar-refractivity contribution in [1.29, 1.82) is 0 Å². The minimum Gasteiger partial charge on any atom is -0.408 e. The molecular formula is C16H14N4O4S2. The maximum absolute atomic E-state index is 12.8. The molecule has 0 aliphatic heterocycles. The van der Waals surface area contributed by atoms with Gasteiger partial charge in [-0.1, -0.05) is 13.0 Å². The van der Waals surface area contributed by atoms with Crippen LogP contribution in [0.3, 0.4) is 0 Å². The third kappa shape index (κ3) is 2.76. The molecule has 2 heterocycles. The van der Waals surface area contributed by atoms with Crippen LogP contribution in [-0.2, 0) is 16.6 Å². The van der Waals surface area contributed by atoms with Gasteiger partial charge in [-0.3, -0.25) is 9.29 Å². The number of rotatable bonds is 5. The van der Waals surface area contributed by atoms with E-state index in [0.29, 0.717) is 34.4 Å². The van der Waals surface area contributed by atoms with Gasteiger partial charge in [-0.2, -0.15) is 8.75 Å². The summed E-state index contributed by atoms with van der Waals surface area (Å²) < 4.78 is 42.9. The van der Waals surface area contributed by atoms with Crippen molar-refractivity contribution in [2.24, 2.45) is 0 Å². The van der Waals surface area contributed by atoms with Crippen molar-refractivity contribution in [3.8, 4) is 0 Å². The Morgan fingerprint density at radius 1 is 1.23 bits per heavy atom. The van der Waals surface area contributed by atoms with E-state index in [1.54, 1.807) is 24.3 Å². The lowest BCUT2D eigenvalue weighted by molar-refractivity contribution is 0.502. The number of fused-ring (bicyclic) bond motifs is 2. The van der Waals surface area contributed by atoms with E-state index in [-0.39, 0.29) is 4.90 Å². The van der Waals surface area contributed by atoms with Gasteiger partial charge in [0.1, 0.15) is 15.9 Å². The molecule has 0 fully saturated rings. The van der Waals surface area contributed by atoms with Crippen molar-refractivity contribution in [1.82, 2.24) is 13.3 Å². The zero-order valence-electron chi connectivity index (χ0n) is 13.7. The summed E-state index contributed by atoms with van der Waals surface area (Å²) in [6.07, 6.45) is 0.786. The van der Waals surface area contributed by atoms with Crippen LogP contribution < -0.4 is 10.5 Å². The Balaban J connectivity index is 1.74. The van der Waals surface area contributed by atoms with Crippen molar-refractivity contribution < 1.29 is 12.8 Å². The van der Waals surface area contributed by atoms with Gasteiger partial charge in [-0.15, -0.1) is 0 Å². The summed E-state index contributed by atoms with van der Waals surface area (Å²) in [6, 6.07) is 9.56. The number of anilines is 1. The summed E-state index contributed by atoms with van der Waals surface area (Å²) in [4.78, 5) is 12.0. The lowest BCUT2D eigenvalue weighted by Gasteiger charge is -2.08. The summed E-state index contributed by atoms with van der Waals surface area (Å²) in [5.41, 5.74) is 2.11. The fraction of sp³-hybridized carbons (Fsp3) is 0.188. The fourth-order valence-corrected chi connectivity index (χ4v) is 4.59. The SMILES string of the molecule is CCCn1c(=O)oc2cc(NS(=O)(=O)c3cccc4nsnc34)ccc21. The lowest BCUT2D eigenvalue weighted by atomic mass is 10.3. The second-order valence-electron chi connectivity index (χ2n) is 5.70. The van der Waals surface area contributed by atoms with Crippen molar-refractivity contribution in [2.45, 2.75) is 24.8 Å².